The molecule has 0 aliphatic rings. The van der Waals surface area contributed by atoms with Crippen molar-refractivity contribution in [2.45, 2.75) is 13.8 Å². The molecule has 9 nitrogen and oxygen atoms in total. The minimum absolute atomic E-state index is 0.173. The summed E-state index contributed by atoms with van der Waals surface area (Å²) < 4.78 is 0. The van der Waals surface area contributed by atoms with Crippen LogP contribution in [0.2, 0.25) is 0 Å². The third-order valence-corrected chi connectivity index (χ3v) is 3.21. The molecule has 0 aromatic carbocycles. The summed E-state index contributed by atoms with van der Waals surface area (Å²) >= 11 is 0. The van der Waals surface area contributed by atoms with Crippen LogP contribution in [0.5, 0.6) is 0 Å². The Morgan fingerprint density at radius 3 is 2.46 bits per heavy atom. The normalized spacial score (nSPS) is 10.2. The third-order valence-electron chi connectivity index (χ3n) is 3.21. The number of amides is 1. The number of hydrogen-bond donors (Lipinski definition) is 4. The lowest BCUT2D eigenvalue weighted by molar-refractivity contribution is -0.134. The van der Waals surface area contributed by atoms with Crippen LogP contribution in [0, 0.1) is 19.3 Å². The number of carboxylic acid groups (broad SMARTS) is 1. The smallest absolute Gasteiger partial charge is 0.322 e. The molecule has 2 aromatic heterocycles. The lowest BCUT2D eigenvalue weighted by Crippen LogP contribution is -2.25. The van der Waals surface area contributed by atoms with E-state index in [0.29, 0.717) is 22.8 Å². The van der Waals surface area contributed by atoms with Crippen LogP contribution in [0.4, 0.5) is 5.69 Å². The lowest BCUT2D eigenvalue weighted by atomic mass is 10.0. The molecule has 0 bridgehead atoms. The van der Waals surface area contributed by atoms with Gasteiger partial charge >= 0.3 is 5.97 Å². The minimum atomic E-state index is -1.08. The SMILES string of the molecule is Cc1ncc(-c2cc(C(=N)C(N)=O)c(NCC(=O)O)c(C)n2)cn1. The van der Waals surface area contributed by atoms with E-state index in [2.05, 4.69) is 20.3 Å². The number of carbonyl (C=O) groups excluding carboxylic acids is 1. The largest absolute Gasteiger partial charge is 0.480 e. The number of hydrogen-bond acceptors (Lipinski definition) is 7. The third kappa shape index (κ3) is 3.69. The second-order valence-electron chi connectivity index (χ2n) is 5.02. The number of aromatic nitrogens is 3. The van der Waals surface area contributed by atoms with Gasteiger partial charge in [0.25, 0.3) is 5.91 Å². The van der Waals surface area contributed by atoms with Crippen LogP contribution in [0.25, 0.3) is 11.3 Å². The Hall–Kier alpha value is -3.36. The molecule has 2 heterocycles. The number of primary amides is 1. The topological polar surface area (TPSA) is 155 Å². The fourth-order valence-corrected chi connectivity index (χ4v) is 2.06. The molecule has 0 aliphatic carbocycles. The molecule has 0 unspecified atom stereocenters. The maximum Gasteiger partial charge on any atom is 0.322 e. The van der Waals surface area contributed by atoms with Gasteiger partial charge in [0.1, 0.15) is 18.1 Å². The predicted molar refractivity (Wildman–Crippen MR) is 86.9 cm³/mol. The van der Waals surface area contributed by atoms with E-state index in [0.717, 1.165) is 0 Å². The van der Waals surface area contributed by atoms with Gasteiger partial charge in [-0.05, 0) is 19.9 Å². The molecule has 0 fully saturated rings. The van der Waals surface area contributed by atoms with Gasteiger partial charge in [-0.15, -0.1) is 0 Å². The highest BCUT2D eigenvalue weighted by Crippen LogP contribution is 2.26. The van der Waals surface area contributed by atoms with Gasteiger partial charge in [0, 0.05) is 23.5 Å². The summed E-state index contributed by atoms with van der Waals surface area (Å²) in [6.45, 7) is 3.00. The van der Waals surface area contributed by atoms with Crippen molar-refractivity contribution in [3.05, 3.63) is 35.5 Å². The molecule has 0 saturated carbocycles. The average molecular weight is 328 g/mol. The second kappa shape index (κ2) is 6.82. The molecule has 124 valence electrons. The first-order valence-corrected chi connectivity index (χ1v) is 6.94. The van der Waals surface area contributed by atoms with Crippen LogP contribution in [0.1, 0.15) is 17.1 Å². The molecule has 5 N–H and O–H groups in total. The van der Waals surface area contributed by atoms with Crippen LogP contribution >= 0.6 is 0 Å². The number of aryl methyl sites for hydroxylation is 2. The number of aliphatic carboxylic acids is 1. The molecular weight excluding hydrogens is 312 g/mol. The van der Waals surface area contributed by atoms with Gasteiger partial charge in [-0.2, -0.15) is 0 Å². The number of nitrogens with zero attached hydrogens (tertiary/aromatic N) is 3. The quantitative estimate of drug-likeness (QED) is 0.563. The Morgan fingerprint density at radius 2 is 1.92 bits per heavy atom. The highest BCUT2D eigenvalue weighted by Gasteiger charge is 2.18. The van der Waals surface area contributed by atoms with Gasteiger partial charge in [-0.3, -0.25) is 20.0 Å². The number of nitrogens with two attached hydrogens (primary N) is 1. The zero-order valence-corrected chi connectivity index (χ0v) is 13.1. The molecule has 1 amide bonds. The van der Waals surface area contributed by atoms with Crippen LogP contribution in [-0.2, 0) is 9.59 Å². The fraction of sp³-hybridized carbons (Fsp3) is 0.200. The number of nitrogens with one attached hydrogen (secondary N) is 2. The van der Waals surface area contributed by atoms with Gasteiger partial charge in [0.15, 0.2) is 0 Å². The second-order valence-corrected chi connectivity index (χ2v) is 5.02. The molecule has 0 saturated heterocycles. The highest BCUT2D eigenvalue weighted by molar-refractivity contribution is 6.44. The maximum absolute atomic E-state index is 11.4. The molecular formula is C15H16N6O3. The van der Waals surface area contributed by atoms with E-state index >= 15 is 0 Å². The van der Waals surface area contributed by atoms with Crippen molar-refractivity contribution in [1.29, 1.82) is 5.41 Å². The molecule has 0 spiro atoms. The number of anilines is 1. The summed E-state index contributed by atoms with van der Waals surface area (Å²) in [4.78, 5) is 34.7. The standard InChI is InChI=1S/C15H16N6O3/c1-7-14(20-6-12(22)23)10(13(16)15(17)24)3-11(21-7)9-4-18-8(2)19-5-9/h3-5,16,20H,6H2,1-2H3,(H2,17,24)(H,22,23). The van der Waals surface area contributed by atoms with Crippen molar-refractivity contribution in [3.8, 4) is 11.3 Å². The monoisotopic (exact) mass is 328 g/mol. The predicted octanol–water partition coefficient (Wildman–Crippen LogP) is 0.505. The summed E-state index contributed by atoms with van der Waals surface area (Å²) in [6.07, 6.45) is 3.15. The van der Waals surface area contributed by atoms with Crippen LogP contribution in [0.3, 0.4) is 0 Å². The van der Waals surface area contributed by atoms with Crippen molar-refractivity contribution in [1.82, 2.24) is 15.0 Å². The first-order valence-electron chi connectivity index (χ1n) is 6.94. The number of pyridine rings is 1. The molecule has 0 aliphatic heterocycles. The zero-order valence-electron chi connectivity index (χ0n) is 13.1. The van der Waals surface area contributed by atoms with E-state index < -0.39 is 17.6 Å². The van der Waals surface area contributed by atoms with E-state index in [4.69, 9.17) is 16.2 Å². The summed E-state index contributed by atoms with van der Waals surface area (Å²) in [6, 6.07) is 1.48. The van der Waals surface area contributed by atoms with Crippen LogP contribution in [0.15, 0.2) is 18.5 Å². The molecule has 9 heteroatoms. The van der Waals surface area contributed by atoms with E-state index in [1.54, 1.807) is 26.2 Å². The Kier molecular flexibility index (Phi) is 4.83. The van der Waals surface area contributed by atoms with Crippen molar-refractivity contribution in [2.24, 2.45) is 5.73 Å². The van der Waals surface area contributed by atoms with Gasteiger partial charge in [-0.1, -0.05) is 0 Å². The van der Waals surface area contributed by atoms with Crippen LogP contribution < -0.4 is 11.1 Å². The summed E-state index contributed by atoms with van der Waals surface area (Å²) in [5.41, 5.74) is 6.69. The maximum atomic E-state index is 11.4. The molecule has 2 rings (SSSR count). The van der Waals surface area contributed by atoms with Crippen molar-refractivity contribution >= 4 is 23.3 Å². The fourth-order valence-electron chi connectivity index (χ4n) is 2.06. The Bertz CT molecular complexity index is 817. The number of carbonyl (C=O) groups is 2. The summed E-state index contributed by atoms with van der Waals surface area (Å²) in [7, 11) is 0. The first-order chi connectivity index (χ1) is 11.3. The minimum Gasteiger partial charge on any atom is -0.480 e. The number of carboxylic acids is 1. The van der Waals surface area contributed by atoms with Gasteiger partial charge in [0.05, 0.1) is 17.1 Å². The summed E-state index contributed by atoms with van der Waals surface area (Å²) in [5.74, 6) is -1.41. The molecule has 0 radical (unpaired) electrons. The summed E-state index contributed by atoms with van der Waals surface area (Å²) in [5, 5.41) is 19.4. The van der Waals surface area contributed by atoms with Crippen LogP contribution in [-0.4, -0.2) is 44.2 Å². The van der Waals surface area contributed by atoms with E-state index in [9.17, 15) is 9.59 Å². The van der Waals surface area contributed by atoms with Gasteiger partial charge in [-0.25, -0.2) is 9.97 Å². The molecule has 24 heavy (non-hydrogen) atoms. The van der Waals surface area contributed by atoms with Gasteiger partial charge in [0.2, 0.25) is 0 Å². The van der Waals surface area contributed by atoms with Crippen molar-refractivity contribution in [3.63, 3.8) is 0 Å². The Balaban J connectivity index is 2.56. The first kappa shape index (κ1) is 17.0. The van der Waals surface area contributed by atoms with E-state index in [1.165, 1.54) is 6.07 Å². The van der Waals surface area contributed by atoms with Crippen molar-refractivity contribution < 1.29 is 14.7 Å². The van der Waals surface area contributed by atoms with Gasteiger partial charge < -0.3 is 16.2 Å². The van der Waals surface area contributed by atoms with E-state index in [-0.39, 0.29) is 17.8 Å². The average Bonchev–Trinajstić information content (AvgIpc) is 2.52. The zero-order chi connectivity index (χ0) is 17.9. The Morgan fingerprint density at radius 1 is 1.29 bits per heavy atom. The van der Waals surface area contributed by atoms with Crippen molar-refractivity contribution in [2.75, 3.05) is 11.9 Å². The number of rotatable bonds is 6. The lowest BCUT2D eigenvalue weighted by Gasteiger charge is -2.15. The molecule has 0 atom stereocenters. The Labute approximate surface area is 137 Å². The molecule has 2 aromatic rings. The highest BCUT2D eigenvalue weighted by atomic mass is 16.4. The van der Waals surface area contributed by atoms with E-state index in [1.807, 2.05) is 0 Å².